The summed E-state index contributed by atoms with van der Waals surface area (Å²) in [6, 6.07) is 20.8. The fraction of sp³-hybridized carbons (Fsp3) is 0.0909. The van der Waals surface area contributed by atoms with Gasteiger partial charge in [0.2, 0.25) is 0 Å². The van der Waals surface area contributed by atoms with Crippen molar-refractivity contribution in [1.29, 1.82) is 0 Å². The van der Waals surface area contributed by atoms with Crippen molar-refractivity contribution in [2.75, 3.05) is 19.5 Å². The van der Waals surface area contributed by atoms with Crippen molar-refractivity contribution in [2.45, 2.75) is 0 Å². The summed E-state index contributed by atoms with van der Waals surface area (Å²) in [6.07, 6.45) is 0. The summed E-state index contributed by atoms with van der Waals surface area (Å²) >= 11 is 0. The second kappa shape index (κ2) is 8.19. The van der Waals surface area contributed by atoms with E-state index in [9.17, 15) is 9.59 Å². The Hall–Kier alpha value is -3.60. The number of carbonyl (C=O) groups excluding carboxylic acids is 2. The van der Waals surface area contributed by atoms with E-state index >= 15 is 0 Å². The molecule has 0 atom stereocenters. The zero-order valence-electron chi connectivity index (χ0n) is 15.1. The van der Waals surface area contributed by atoms with Gasteiger partial charge in [-0.3, -0.25) is 9.59 Å². The topological polar surface area (TPSA) is 64.6 Å². The normalized spacial score (nSPS) is 10.1. The van der Waals surface area contributed by atoms with Crippen molar-refractivity contribution < 1.29 is 19.1 Å². The van der Waals surface area contributed by atoms with Crippen LogP contribution in [0.3, 0.4) is 0 Å². The van der Waals surface area contributed by atoms with Crippen LogP contribution in [0.25, 0.3) is 0 Å². The molecule has 0 aromatic heterocycles. The maximum absolute atomic E-state index is 12.5. The number of ketones is 1. The molecule has 27 heavy (non-hydrogen) atoms. The van der Waals surface area contributed by atoms with Gasteiger partial charge >= 0.3 is 0 Å². The molecule has 0 heterocycles. The molecule has 1 N–H and O–H groups in total. The van der Waals surface area contributed by atoms with Crippen LogP contribution in [0.2, 0.25) is 0 Å². The number of methoxy groups -OCH3 is 2. The lowest BCUT2D eigenvalue weighted by Gasteiger charge is -2.10. The van der Waals surface area contributed by atoms with Gasteiger partial charge in [0.15, 0.2) is 5.78 Å². The van der Waals surface area contributed by atoms with E-state index in [1.54, 1.807) is 54.6 Å². The molecule has 3 aromatic carbocycles. The Bertz CT molecular complexity index is 928. The number of amides is 1. The molecule has 0 bridgehead atoms. The third-order valence-electron chi connectivity index (χ3n) is 4.05. The third kappa shape index (κ3) is 4.33. The summed E-state index contributed by atoms with van der Waals surface area (Å²) in [5, 5.41) is 2.81. The fourth-order valence-corrected chi connectivity index (χ4v) is 2.60. The van der Waals surface area contributed by atoms with Crippen LogP contribution in [-0.4, -0.2) is 25.9 Å². The highest BCUT2D eigenvalue weighted by Crippen LogP contribution is 2.23. The van der Waals surface area contributed by atoms with E-state index in [1.807, 2.05) is 18.2 Å². The SMILES string of the molecule is COc1cc(OC)cc(C(=O)Nc2ccc(C(=O)c3ccccc3)cc2)c1. The average molecular weight is 361 g/mol. The van der Waals surface area contributed by atoms with Crippen LogP contribution >= 0.6 is 0 Å². The lowest BCUT2D eigenvalue weighted by Crippen LogP contribution is -2.12. The molecule has 0 aliphatic carbocycles. The van der Waals surface area contributed by atoms with Gasteiger partial charge in [0, 0.05) is 28.4 Å². The third-order valence-corrected chi connectivity index (χ3v) is 4.05. The van der Waals surface area contributed by atoms with Crippen molar-refractivity contribution in [3.05, 3.63) is 89.5 Å². The Kier molecular flexibility index (Phi) is 5.52. The molecule has 0 fully saturated rings. The van der Waals surface area contributed by atoms with Crippen molar-refractivity contribution >= 4 is 17.4 Å². The van der Waals surface area contributed by atoms with Crippen LogP contribution < -0.4 is 14.8 Å². The summed E-state index contributed by atoms with van der Waals surface area (Å²) in [4.78, 5) is 24.9. The molecule has 0 aliphatic heterocycles. The van der Waals surface area contributed by atoms with E-state index in [4.69, 9.17) is 9.47 Å². The number of hydrogen-bond donors (Lipinski definition) is 1. The van der Waals surface area contributed by atoms with Crippen LogP contribution in [0.15, 0.2) is 72.8 Å². The molecule has 5 nitrogen and oxygen atoms in total. The number of rotatable bonds is 6. The first-order valence-corrected chi connectivity index (χ1v) is 8.35. The Morgan fingerprint density at radius 1 is 0.704 bits per heavy atom. The van der Waals surface area contributed by atoms with Gasteiger partial charge in [0.05, 0.1) is 14.2 Å². The van der Waals surface area contributed by atoms with Gasteiger partial charge in [0.1, 0.15) is 11.5 Å². The molecule has 0 spiro atoms. The molecular weight excluding hydrogens is 342 g/mol. The Balaban J connectivity index is 1.75. The highest BCUT2D eigenvalue weighted by atomic mass is 16.5. The summed E-state index contributed by atoms with van der Waals surface area (Å²) < 4.78 is 10.4. The Morgan fingerprint density at radius 3 is 1.81 bits per heavy atom. The summed E-state index contributed by atoms with van der Waals surface area (Å²) in [5.41, 5.74) is 2.18. The molecule has 5 heteroatoms. The number of nitrogens with one attached hydrogen (secondary N) is 1. The van der Waals surface area contributed by atoms with Crippen LogP contribution in [0.5, 0.6) is 11.5 Å². The van der Waals surface area contributed by atoms with Gasteiger partial charge < -0.3 is 14.8 Å². The second-order valence-corrected chi connectivity index (χ2v) is 5.83. The Morgan fingerprint density at radius 2 is 1.26 bits per heavy atom. The van der Waals surface area contributed by atoms with E-state index in [2.05, 4.69) is 5.32 Å². The van der Waals surface area contributed by atoms with Gasteiger partial charge in [-0.15, -0.1) is 0 Å². The zero-order chi connectivity index (χ0) is 19.2. The number of anilines is 1. The van der Waals surface area contributed by atoms with Gasteiger partial charge in [-0.05, 0) is 36.4 Å². The maximum Gasteiger partial charge on any atom is 0.255 e. The minimum atomic E-state index is -0.297. The van der Waals surface area contributed by atoms with Gasteiger partial charge in [-0.2, -0.15) is 0 Å². The van der Waals surface area contributed by atoms with E-state index in [0.717, 1.165) is 0 Å². The van der Waals surface area contributed by atoms with Gasteiger partial charge in [-0.1, -0.05) is 30.3 Å². The predicted molar refractivity (Wildman–Crippen MR) is 104 cm³/mol. The first-order chi connectivity index (χ1) is 13.1. The van der Waals surface area contributed by atoms with Gasteiger partial charge in [-0.25, -0.2) is 0 Å². The van der Waals surface area contributed by atoms with Crippen molar-refractivity contribution in [2.24, 2.45) is 0 Å². The van der Waals surface area contributed by atoms with Gasteiger partial charge in [0.25, 0.3) is 5.91 Å². The molecule has 0 aliphatic rings. The van der Waals surface area contributed by atoms with Crippen molar-refractivity contribution in [1.82, 2.24) is 0 Å². The van der Waals surface area contributed by atoms with E-state index in [-0.39, 0.29) is 11.7 Å². The maximum atomic E-state index is 12.5. The first-order valence-electron chi connectivity index (χ1n) is 8.35. The highest BCUT2D eigenvalue weighted by molar-refractivity contribution is 6.09. The minimum Gasteiger partial charge on any atom is -0.497 e. The average Bonchev–Trinajstić information content (AvgIpc) is 2.74. The summed E-state index contributed by atoms with van der Waals surface area (Å²) in [5.74, 6) is 0.701. The molecule has 1 amide bonds. The Labute approximate surface area is 157 Å². The van der Waals surface area contributed by atoms with E-state index in [1.165, 1.54) is 14.2 Å². The number of ether oxygens (including phenoxy) is 2. The van der Waals surface area contributed by atoms with E-state index < -0.39 is 0 Å². The van der Waals surface area contributed by atoms with Crippen LogP contribution in [0.4, 0.5) is 5.69 Å². The van der Waals surface area contributed by atoms with E-state index in [0.29, 0.717) is 33.9 Å². The largest absolute Gasteiger partial charge is 0.497 e. The standard InChI is InChI=1S/C22H19NO4/c1-26-19-12-17(13-20(14-19)27-2)22(25)23-18-10-8-16(9-11-18)21(24)15-6-4-3-5-7-15/h3-14H,1-2H3,(H,23,25). The summed E-state index contributed by atoms with van der Waals surface area (Å²) in [7, 11) is 3.05. The lowest BCUT2D eigenvalue weighted by atomic mass is 10.0. The molecule has 0 saturated carbocycles. The summed E-state index contributed by atoms with van der Waals surface area (Å²) in [6.45, 7) is 0. The van der Waals surface area contributed by atoms with Crippen molar-refractivity contribution in [3.63, 3.8) is 0 Å². The minimum absolute atomic E-state index is 0.0639. The quantitative estimate of drug-likeness (QED) is 0.669. The first kappa shape index (κ1) is 18.2. The monoisotopic (exact) mass is 361 g/mol. The second-order valence-electron chi connectivity index (χ2n) is 5.83. The molecule has 0 radical (unpaired) electrons. The highest BCUT2D eigenvalue weighted by Gasteiger charge is 2.12. The van der Waals surface area contributed by atoms with Crippen molar-refractivity contribution in [3.8, 4) is 11.5 Å². The zero-order valence-corrected chi connectivity index (χ0v) is 15.1. The molecular formula is C22H19NO4. The van der Waals surface area contributed by atoms with Crippen LogP contribution in [0.1, 0.15) is 26.3 Å². The molecule has 3 aromatic rings. The number of hydrogen-bond acceptors (Lipinski definition) is 4. The molecule has 3 rings (SSSR count). The van der Waals surface area contributed by atoms with Crippen LogP contribution in [-0.2, 0) is 0 Å². The lowest BCUT2D eigenvalue weighted by molar-refractivity contribution is 0.102. The number of carbonyl (C=O) groups is 2. The van der Waals surface area contributed by atoms with Crippen LogP contribution in [0, 0.1) is 0 Å². The molecule has 136 valence electrons. The smallest absolute Gasteiger partial charge is 0.255 e. The number of benzene rings is 3. The fourth-order valence-electron chi connectivity index (χ4n) is 2.60. The molecule has 0 unspecified atom stereocenters. The molecule has 0 saturated heterocycles. The predicted octanol–water partition coefficient (Wildman–Crippen LogP) is 4.19.